The van der Waals surface area contributed by atoms with Gasteiger partial charge in [-0.1, -0.05) is 29.3 Å². The molecule has 0 saturated carbocycles. The Morgan fingerprint density at radius 2 is 1.80 bits per heavy atom. The second-order valence-corrected chi connectivity index (χ2v) is 5.45. The number of piperazine rings is 1. The van der Waals surface area contributed by atoms with Gasteiger partial charge in [-0.3, -0.25) is 4.90 Å². The highest BCUT2D eigenvalue weighted by atomic mass is 35.5. The fourth-order valence-electron chi connectivity index (χ4n) is 2.47. The van der Waals surface area contributed by atoms with Crippen LogP contribution in [0.1, 0.15) is 24.9 Å². The number of benzene rings is 1. The van der Waals surface area contributed by atoms with E-state index in [1.807, 2.05) is 12.1 Å². The van der Waals surface area contributed by atoms with Crippen molar-refractivity contribution in [2.75, 3.05) is 26.2 Å². The zero-order valence-corrected chi connectivity index (χ0v) is 14.2. The molecule has 114 valence electrons. The summed E-state index contributed by atoms with van der Waals surface area (Å²) in [7, 11) is 0. The van der Waals surface area contributed by atoms with Crippen LogP contribution in [0.4, 0.5) is 0 Å². The molecule has 0 aromatic heterocycles. The van der Waals surface area contributed by atoms with Gasteiger partial charge < -0.3 is 5.32 Å². The minimum atomic E-state index is 0. The topological polar surface area (TPSA) is 15.3 Å². The largest absolute Gasteiger partial charge is 0.314 e. The standard InChI is InChI=1S/C15H21ClN2.2ClH/c1-12(2)11-15(18-9-7-17-8-10-18)13-3-5-14(16)6-4-13;;/h3-6,15,17H,1,7-11H2,2H3;2*1H/t15-;;/m0../s1. The maximum atomic E-state index is 5.97. The molecule has 1 atom stereocenters. The predicted octanol–water partition coefficient (Wildman–Crippen LogP) is 4.10. The highest BCUT2D eigenvalue weighted by Crippen LogP contribution is 2.28. The normalized spacial score (nSPS) is 16.7. The van der Waals surface area contributed by atoms with E-state index in [-0.39, 0.29) is 24.8 Å². The van der Waals surface area contributed by atoms with Gasteiger partial charge in [0.1, 0.15) is 0 Å². The van der Waals surface area contributed by atoms with E-state index in [1.165, 1.54) is 11.1 Å². The van der Waals surface area contributed by atoms with Crippen LogP contribution in [0.25, 0.3) is 0 Å². The maximum Gasteiger partial charge on any atom is 0.0406 e. The molecule has 1 aromatic carbocycles. The van der Waals surface area contributed by atoms with Gasteiger partial charge in [0.25, 0.3) is 0 Å². The SMILES string of the molecule is C=C(C)C[C@@H](c1ccc(Cl)cc1)N1CCNCC1.Cl.Cl. The second kappa shape index (κ2) is 9.64. The first kappa shape index (κ1) is 19.8. The Morgan fingerprint density at radius 1 is 1.25 bits per heavy atom. The average molecular weight is 338 g/mol. The van der Waals surface area contributed by atoms with Crippen molar-refractivity contribution < 1.29 is 0 Å². The summed E-state index contributed by atoms with van der Waals surface area (Å²) >= 11 is 5.97. The van der Waals surface area contributed by atoms with Gasteiger partial charge in [-0.05, 0) is 31.0 Å². The van der Waals surface area contributed by atoms with Crippen molar-refractivity contribution >= 4 is 36.4 Å². The first-order chi connectivity index (χ1) is 8.66. The zero-order valence-electron chi connectivity index (χ0n) is 11.8. The molecule has 5 heteroatoms. The quantitative estimate of drug-likeness (QED) is 0.832. The van der Waals surface area contributed by atoms with Crippen molar-refractivity contribution in [3.05, 3.63) is 47.0 Å². The number of nitrogens with zero attached hydrogens (tertiary/aromatic N) is 1. The third-order valence-electron chi connectivity index (χ3n) is 3.39. The Bertz CT molecular complexity index is 400. The van der Waals surface area contributed by atoms with E-state index in [1.54, 1.807) is 0 Å². The summed E-state index contributed by atoms with van der Waals surface area (Å²) in [5, 5.41) is 4.20. The maximum absolute atomic E-state index is 5.97. The molecule has 0 amide bonds. The minimum absolute atomic E-state index is 0. The number of rotatable bonds is 4. The highest BCUT2D eigenvalue weighted by Gasteiger charge is 2.21. The monoisotopic (exact) mass is 336 g/mol. The fraction of sp³-hybridized carbons (Fsp3) is 0.467. The third kappa shape index (κ3) is 5.63. The molecule has 1 saturated heterocycles. The lowest BCUT2D eigenvalue weighted by atomic mass is 9.98. The van der Waals surface area contributed by atoms with Crippen molar-refractivity contribution in [3.63, 3.8) is 0 Å². The van der Waals surface area contributed by atoms with Gasteiger partial charge in [0.2, 0.25) is 0 Å². The summed E-state index contributed by atoms with van der Waals surface area (Å²) < 4.78 is 0. The molecule has 0 unspecified atom stereocenters. The predicted molar refractivity (Wildman–Crippen MR) is 92.6 cm³/mol. The van der Waals surface area contributed by atoms with Gasteiger partial charge in [-0.15, -0.1) is 31.4 Å². The summed E-state index contributed by atoms with van der Waals surface area (Å²) in [6.07, 6.45) is 1.02. The molecule has 1 fully saturated rings. The van der Waals surface area contributed by atoms with Gasteiger partial charge in [-0.2, -0.15) is 0 Å². The summed E-state index contributed by atoms with van der Waals surface area (Å²) in [5.74, 6) is 0. The molecule has 0 aliphatic carbocycles. The summed E-state index contributed by atoms with van der Waals surface area (Å²) in [5.41, 5.74) is 2.57. The molecule has 1 aliphatic heterocycles. The van der Waals surface area contributed by atoms with Crippen LogP contribution >= 0.6 is 36.4 Å². The summed E-state index contributed by atoms with van der Waals surface area (Å²) in [4.78, 5) is 2.54. The molecular formula is C15H23Cl3N2. The van der Waals surface area contributed by atoms with Gasteiger partial charge in [0, 0.05) is 37.2 Å². The van der Waals surface area contributed by atoms with Crippen molar-refractivity contribution in [2.24, 2.45) is 0 Å². The van der Waals surface area contributed by atoms with E-state index in [9.17, 15) is 0 Å². The molecule has 1 aliphatic rings. The van der Waals surface area contributed by atoms with Crippen molar-refractivity contribution in [3.8, 4) is 0 Å². The Morgan fingerprint density at radius 3 is 2.30 bits per heavy atom. The van der Waals surface area contributed by atoms with Crippen LogP contribution in [0.15, 0.2) is 36.4 Å². The van der Waals surface area contributed by atoms with E-state index in [0.29, 0.717) is 6.04 Å². The van der Waals surface area contributed by atoms with Crippen LogP contribution < -0.4 is 5.32 Å². The van der Waals surface area contributed by atoms with Gasteiger partial charge >= 0.3 is 0 Å². The Balaban J connectivity index is 0.00000180. The molecule has 2 nitrogen and oxygen atoms in total. The lowest BCUT2D eigenvalue weighted by Gasteiger charge is -2.35. The fourth-order valence-corrected chi connectivity index (χ4v) is 2.59. The van der Waals surface area contributed by atoms with Crippen LogP contribution in [-0.2, 0) is 0 Å². The molecular weight excluding hydrogens is 315 g/mol. The lowest BCUT2D eigenvalue weighted by Crippen LogP contribution is -2.45. The molecule has 1 aromatic rings. The van der Waals surface area contributed by atoms with Crippen LogP contribution in [0.5, 0.6) is 0 Å². The molecule has 2 rings (SSSR count). The molecule has 1 heterocycles. The van der Waals surface area contributed by atoms with Crippen LogP contribution in [0.2, 0.25) is 5.02 Å². The lowest BCUT2D eigenvalue weighted by molar-refractivity contribution is 0.172. The molecule has 0 bridgehead atoms. The average Bonchev–Trinajstić information content (AvgIpc) is 2.38. The van der Waals surface area contributed by atoms with Gasteiger partial charge in [-0.25, -0.2) is 0 Å². The smallest absolute Gasteiger partial charge is 0.0406 e. The Kier molecular flexibility index (Phi) is 9.52. The van der Waals surface area contributed by atoms with Crippen LogP contribution in [0, 0.1) is 0 Å². The van der Waals surface area contributed by atoms with Crippen molar-refractivity contribution in [2.45, 2.75) is 19.4 Å². The van der Waals surface area contributed by atoms with Crippen LogP contribution in [0.3, 0.4) is 0 Å². The van der Waals surface area contributed by atoms with E-state index < -0.39 is 0 Å². The number of nitrogens with one attached hydrogen (secondary N) is 1. The van der Waals surface area contributed by atoms with Gasteiger partial charge in [0.05, 0.1) is 0 Å². The summed E-state index contributed by atoms with van der Waals surface area (Å²) in [6, 6.07) is 8.66. The van der Waals surface area contributed by atoms with E-state index in [4.69, 9.17) is 11.6 Å². The zero-order chi connectivity index (χ0) is 13.0. The first-order valence-corrected chi connectivity index (χ1v) is 6.89. The van der Waals surface area contributed by atoms with E-state index in [0.717, 1.165) is 37.6 Å². The first-order valence-electron chi connectivity index (χ1n) is 6.51. The third-order valence-corrected chi connectivity index (χ3v) is 3.64. The van der Waals surface area contributed by atoms with Crippen LogP contribution in [-0.4, -0.2) is 31.1 Å². The number of halogens is 3. The van der Waals surface area contributed by atoms with Gasteiger partial charge in [0.15, 0.2) is 0 Å². The highest BCUT2D eigenvalue weighted by molar-refractivity contribution is 6.30. The number of hydrogen-bond acceptors (Lipinski definition) is 2. The molecule has 1 N–H and O–H groups in total. The second-order valence-electron chi connectivity index (χ2n) is 5.01. The molecule has 0 radical (unpaired) electrons. The Labute approximate surface area is 139 Å². The van der Waals surface area contributed by atoms with Crippen molar-refractivity contribution in [1.82, 2.24) is 10.2 Å². The summed E-state index contributed by atoms with van der Waals surface area (Å²) in [6.45, 7) is 10.5. The molecule has 20 heavy (non-hydrogen) atoms. The minimum Gasteiger partial charge on any atom is -0.314 e. The number of hydrogen-bond donors (Lipinski definition) is 1. The van der Waals surface area contributed by atoms with E-state index >= 15 is 0 Å². The Hall–Kier alpha value is -0.250. The molecule has 0 spiro atoms. The van der Waals surface area contributed by atoms with E-state index in [2.05, 4.69) is 35.9 Å². The van der Waals surface area contributed by atoms with Crippen molar-refractivity contribution in [1.29, 1.82) is 0 Å².